The quantitative estimate of drug-likeness (QED) is 0.519. The largest absolute Gasteiger partial charge is 0.264 e. The lowest BCUT2D eigenvalue weighted by atomic mass is 9.68. The second-order valence-electron chi connectivity index (χ2n) is 3.49. The number of hydrogen-bond donors (Lipinski definition) is 0. The molecule has 10 heavy (non-hydrogen) atoms. The summed E-state index contributed by atoms with van der Waals surface area (Å²) < 4.78 is 0. The molecule has 0 amide bonds. The lowest BCUT2D eigenvalue weighted by molar-refractivity contribution is 0.758. The van der Waals surface area contributed by atoms with Gasteiger partial charge in [0.1, 0.15) is 7.85 Å². The van der Waals surface area contributed by atoms with Crippen molar-refractivity contribution in [1.82, 2.24) is 4.98 Å². The third-order valence-corrected chi connectivity index (χ3v) is 1.53. The van der Waals surface area contributed by atoms with Gasteiger partial charge in [-0.3, -0.25) is 4.98 Å². The molecular formula is C8H12BN. The predicted molar refractivity (Wildman–Crippen MR) is 45.8 cm³/mol. The van der Waals surface area contributed by atoms with Gasteiger partial charge >= 0.3 is 0 Å². The summed E-state index contributed by atoms with van der Waals surface area (Å²) in [5, 5.41) is 0.230. The molecule has 1 rings (SSSR count). The maximum absolute atomic E-state index is 4.05. The van der Waals surface area contributed by atoms with Gasteiger partial charge in [-0.25, -0.2) is 0 Å². The van der Waals surface area contributed by atoms with Gasteiger partial charge in [-0.15, -0.1) is 0 Å². The Morgan fingerprint density at radius 2 is 2.20 bits per heavy atom. The molecule has 2 heteroatoms. The van der Waals surface area contributed by atoms with Gasteiger partial charge in [0.25, 0.3) is 0 Å². The van der Waals surface area contributed by atoms with Gasteiger partial charge < -0.3 is 0 Å². The average Bonchev–Trinajstić information content (AvgIpc) is 1.88. The fraction of sp³-hybridized carbons (Fsp3) is 0.375. The van der Waals surface area contributed by atoms with Crippen LogP contribution in [0.4, 0.5) is 0 Å². The molecule has 1 nitrogen and oxygen atoms in total. The van der Waals surface area contributed by atoms with Crippen LogP contribution in [-0.4, -0.2) is 12.8 Å². The van der Waals surface area contributed by atoms with Gasteiger partial charge in [0.05, 0.1) is 0 Å². The third-order valence-electron chi connectivity index (χ3n) is 1.53. The molecule has 0 aromatic carbocycles. The first-order valence-corrected chi connectivity index (χ1v) is 3.51. The van der Waals surface area contributed by atoms with E-state index in [0.29, 0.717) is 0 Å². The summed E-state index contributed by atoms with van der Waals surface area (Å²) in [4.78, 5) is 4.05. The van der Waals surface area contributed by atoms with E-state index in [2.05, 4.69) is 32.7 Å². The summed E-state index contributed by atoms with van der Waals surface area (Å²) in [6.45, 7) is 4.37. The summed E-state index contributed by atoms with van der Waals surface area (Å²) in [6, 6.07) is 4.08. The van der Waals surface area contributed by atoms with Gasteiger partial charge in [-0.1, -0.05) is 19.9 Å². The molecule has 0 saturated carbocycles. The van der Waals surface area contributed by atoms with Crippen LogP contribution in [-0.2, 0) is 5.31 Å². The smallest absolute Gasteiger partial charge is 0.114 e. The molecule has 52 valence electrons. The van der Waals surface area contributed by atoms with Crippen molar-refractivity contribution in [3.63, 3.8) is 0 Å². The van der Waals surface area contributed by atoms with Gasteiger partial charge in [0.15, 0.2) is 0 Å². The second kappa shape index (κ2) is 2.45. The van der Waals surface area contributed by atoms with Crippen LogP contribution in [0, 0.1) is 0 Å². The topological polar surface area (TPSA) is 12.9 Å². The van der Waals surface area contributed by atoms with Crippen LogP contribution < -0.4 is 0 Å². The fourth-order valence-corrected chi connectivity index (χ4v) is 0.806. The van der Waals surface area contributed by atoms with Crippen molar-refractivity contribution in [2.75, 3.05) is 0 Å². The molecule has 0 N–H and O–H groups in total. The van der Waals surface area contributed by atoms with Crippen molar-refractivity contribution in [2.45, 2.75) is 19.2 Å². The summed E-state index contributed by atoms with van der Waals surface area (Å²) in [7, 11) is 2.18. The van der Waals surface area contributed by atoms with E-state index in [0.717, 1.165) is 0 Å². The highest BCUT2D eigenvalue weighted by Crippen LogP contribution is 2.16. The van der Waals surface area contributed by atoms with Crippen LogP contribution in [0.15, 0.2) is 24.5 Å². The van der Waals surface area contributed by atoms with E-state index >= 15 is 0 Å². The number of hydrogen-bond acceptors (Lipinski definition) is 1. The molecule has 0 radical (unpaired) electrons. The van der Waals surface area contributed by atoms with E-state index in [1.165, 1.54) is 5.56 Å². The lowest BCUT2D eigenvalue weighted by Crippen LogP contribution is -2.16. The highest BCUT2D eigenvalue weighted by molar-refractivity contribution is 6.15. The predicted octanol–water partition coefficient (Wildman–Crippen LogP) is 0.950. The molecule has 0 atom stereocenters. The van der Waals surface area contributed by atoms with Crippen molar-refractivity contribution >= 4 is 7.85 Å². The molecule has 0 bridgehead atoms. The van der Waals surface area contributed by atoms with Crippen LogP contribution in [0.1, 0.15) is 19.4 Å². The summed E-state index contributed by atoms with van der Waals surface area (Å²) in [6.07, 6.45) is 3.72. The third kappa shape index (κ3) is 1.60. The zero-order chi connectivity index (χ0) is 7.61. The minimum absolute atomic E-state index is 0.230. The Hall–Kier alpha value is -0.785. The van der Waals surface area contributed by atoms with Crippen LogP contribution in [0.5, 0.6) is 0 Å². The molecular weight excluding hydrogens is 121 g/mol. The number of rotatable bonds is 1. The Kier molecular flexibility index (Phi) is 1.79. The molecule has 1 aromatic rings. The maximum Gasteiger partial charge on any atom is 0.114 e. The zero-order valence-electron chi connectivity index (χ0n) is 6.76. The number of pyridine rings is 1. The second-order valence-corrected chi connectivity index (χ2v) is 3.49. The Balaban J connectivity index is 2.97. The molecule has 0 aliphatic heterocycles. The average molecular weight is 133 g/mol. The maximum atomic E-state index is 4.05. The molecule has 1 aromatic heterocycles. The first-order chi connectivity index (χ1) is 4.61. The van der Waals surface area contributed by atoms with Gasteiger partial charge in [-0.05, 0) is 16.9 Å². The van der Waals surface area contributed by atoms with Crippen LogP contribution >= 0.6 is 0 Å². The molecule has 0 saturated heterocycles. The standard InChI is InChI=1S/C8H12BN/c1-8(2,9)7-4-3-5-10-6-7/h3-6H,9H2,1-2H3. The van der Waals surface area contributed by atoms with E-state index < -0.39 is 0 Å². The monoisotopic (exact) mass is 133 g/mol. The van der Waals surface area contributed by atoms with E-state index in [1.807, 2.05) is 12.3 Å². The zero-order valence-corrected chi connectivity index (χ0v) is 6.76. The minimum atomic E-state index is 0.230. The Morgan fingerprint density at radius 1 is 1.50 bits per heavy atom. The highest BCUT2D eigenvalue weighted by Gasteiger charge is 2.12. The van der Waals surface area contributed by atoms with Crippen LogP contribution in [0.25, 0.3) is 0 Å². The summed E-state index contributed by atoms with van der Waals surface area (Å²) in [5.74, 6) is 0. The molecule has 0 aliphatic carbocycles. The van der Waals surface area contributed by atoms with E-state index in [9.17, 15) is 0 Å². The van der Waals surface area contributed by atoms with Crippen molar-refractivity contribution in [3.8, 4) is 0 Å². The van der Waals surface area contributed by atoms with Gasteiger partial charge in [0, 0.05) is 12.4 Å². The van der Waals surface area contributed by atoms with Crippen LogP contribution in [0.3, 0.4) is 0 Å². The Morgan fingerprint density at radius 3 is 2.50 bits per heavy atom. The molecule has 0 fully saturated rings. The minimum Gasteiger partial charge on any atom is -0.264 e. The molecule has 1 heterocycles. The van der Waals surface area contributed by atoms with E-state index in [4.69, 9.17) is 0 Å². The van der Waals surface area contributed by atoms with Gasteiger partial charge in [0.2, 0.25) is 0 Å². The van der Waals surface area contributed by atoms with Crippen molar-refractivity contribution in [1.29, 1.82) is 0 Å². The van der Waals surface area contributed by atoms with E-state index in [1.54, 1.807) is 6.20 Å². The van der Waals surface area contributed by atoms with Crippen molar-refractivity contribution < 1.29 is 0 Å². The number of nitrogens with zero attached hydrogens (tertiary/aromatic N) is 1. The SMILES string of the molecule is BC(C)(C)c1cccnc1. The Bertz CT molecular complexity index is 200. The first-order valence-electron chi connectivity index (χ1n) is 3.51. The summed E-state index contributed by atoms with van der Waals surface area (Å²) in [5.41, 5.74) is 1.29. The molecule has 0 aliphatic rings. The van der Waals surface area contributed by atoms with E-state index in [-0.39, 0.29) is 5.31 Å². The fourth-order valence-electron chi connectivity index (χ4n) is 0.806. The lowest BCUT2D eigenvalue weighted by Gasteiger charge is -2.17. The van der Waals surface area contributed by atoms with Gasteiger partial charge in [-0.2, -0.15) is 0 Å². The Labute approximate surface area is 62.9 Å². The van der Waals surface area contributed by atoms with Crippen LogP contribution in [0.2, 0.25) is 0 Å². The number of aromatic nitrogens is 1. The molecule has 0 unspecified atom stereocenters. The highest BCUT2D eigenvalue weighted by atomic mass is 14.6. The van der Waals surface area contributed by atoms with Crippen molar-refractivity contribution in [2.24, 2.45) is 0 Å². The normalized spacial score (nSPS) is 11.4. The van der Waals surface area contributed by atoms with Crippen molar-refractivity contribution in [3.05, 3.63) is 30.1 Å². The molecule has 0 spiro atoms. The first kappa shape index (κ1) is 7.32. The summed E-state index contributed by atoms with van der Waals surface area (Å²) >= 11 is 0.